The molecule has 0 aliphatic heterocycles. The Hall–Kier alpha value is -0.920. The molecule has 0 saturated heterocycles. The molecule has 1 rings (SSSR count). The lowest BCUT2D eigenvalue weighted by atomic mass is 10.1. The van der Waals surface area contributed by atoms with Crippen molar-refractivity contribution in [2.24, 2.45) is 5.73 Å². The van der Waals surface area contributed by atoms with E-state index in [0.29, 0.717) is 6.42 Å². The smallest absolute Gasteiger partial charge is 0.320 e. The van der Waals surface area contributed by atoms with E-state index in [9.17, 15) is 4.79 Å². The van der Waals surface area contributed by atoms with Crippen LogP contribution < -0.4 is 5.73 Å². The van der Waals surface area contributed by atoms with Crippen LogP contribution in [0.5, 0.6) is 0 Å². The van der Waals surface area contributed by atoms with Crippen molar-refractivity contribution < 1.29 is 9.90 Å². The minimum atomic E-state index is -0.959. The van der Waals surface area contributed by atoms with Crippen molar-refractivity contribution in [3.05, 3.63) is 35.9 Å². The van der Waals surface area contributed by atoms with E-state index in [1.165, 1.54) is 0 Å². The van der Waals surface area contributed by atoms with Crippen LogP contribution in [0.25, 0.3) is 0 Å². The van der Waals surface area contributed by atoms with Crippen LogP contribution in [0, 0.1) is 0 Å². The van der Waals surface area contributed by atoms with E-state index in [-0.39, 0.29) is 9.90 Å². The van der Waals surface area contributed by atoms with Gasteiger partial charge in [-0.2, -0.15) is 9.90 Å². The summed E-state index contributed by atoms with van der Waals surface area (Å²) in [4.78, 5) is 10.4. The van der Waals surface area contributed by atoms with Crippen LogP contribution in [0.15, 0.2) is 30.3 Å². The lowest BCUT2D eigenvalue weighted by molar-refractivity contribution is -0.138. The molecule has 0 saturated carbocycles. The van der Waals surface area contributed by atoms with Crippen molar-refractivity contribution in [3.63, 3.8) is 0 Å². The van der Waals surface area contributed by atoms with Crippen LogP contribution >= 0.6 is 9.90 Å². The molecule has 72 valence electrons. The maximum absolute atomic E-state index is 10.4. The van der Waals surface area contributed by atoms with Gasteiger partial charge < -0.3 is 10.8 Å². The number of carboxylic acids is 1. The lowest BCUT2D eigenvalue weighted by Crippen LogP contribution is -2.32. The predicted octanol–water partition coefficient (Wildman–Crippen LogP) is 0.699. The van der Waals surface area contributed by atoms with Crippen LogP contribution in [0.2, 0.25) is 0 Å². The molecule has 0 radical (unpaired) electrons. The number of hydrogen-bond acceptors (Lipinski definition) is 2. The molecule has 0 spiro atoms. The van der Waals surface area contributed by atoms with Crippen molar-refractivity contribution in [1.82, 2.24) is 0 Å². The van der Waals surface area contributed by atoms with Gasteiger partial charge in [0.1, 0.15) is 6.04 Å². The molecule has 1 aromatic carbocycles. The van der Waals surface area contributed by atoms with E-state index in [0.717, 1.165) is 5.56 Å². The quantitative estimate of drug-likeness (QED) is 0.704. The van der Waals surface area contributed by atoms with Gasteiger partial charge in [-0.05, 0) is 12.0 Å². The van der Waals surface area contributed by atoms with E-state index in [4.69, 9.17) is 10.8 Å². The molecule has 0 fully saturated rings. The highest BCUT2D eigenvalue weighted by Crippen LogP contribution is 2.01. The first-order chi connectivity index (χ1) is 5.70. The Kier molecular flexibility index (Phi) is 5.28. The largest absolute Gasteiger partial charge is 0.480 e. The Balaban J connectivity index is 0.00000144. The van der Waals surface area contributed by atoms with Gasteiger partial charge in [0.05, 0.1) is 0 Å². The number of rotatable bonds is 3. The summed E-state index contributed by atoms with van der Waals surface area (Å²) in [6.45, 7) is 0. The summed E-state index contributed by atoms with van der Waals surface area (Å²) in [6.07, 6.45) is 0.385. The maximum Gasteiger partial charge on any atom is 0.320 e. The molecule has 3 N–H and O–H groups in total. The highest BCUT2D eigenvalue weighted by Gasteiger charge is 2.10. The Morgan fingerprint density at radius 3 is 2.38 bits per heavy atom. The molecule has 13 heavy (non-hydrogen) atoms. The number of hydrogen-bond donors (Lipinski definition) is 2. The molecular formula is C9H14NO2P. The molecule has 1 unspecified atom stereocenters. The van der Waals surface area contributed by atoms with Crippen LogP contribution in [-0.4, -0.2) is 17.1 Å². The van der Waals surface area contributed by atoms with Crippen molar-refractivity contribution in [1.29, 1.82) is 0 Å². The summed E-state index contributed by atoms with van der Waals surface area (Å²) in [6, 6.07) is 8.54. The zero-order chi connectivity index (χ0) is 8.97. The third-order valence-electron chi connectivity index (χ3n) is 1.62. The molecule has 0 amide bonds. The van der Waals surface area contributed by atoms with Gasteiger partial charge in [-0.1, -0.05) is 30.3 Å². The first-order valence-corrected chi connectivity index (χ1v) is 3.72. The standard InChI is InChI=1S/C9H11NO2.H3P/c10-8(9(11)12)6-7-4-2-1-3-5-7;/h1-5,8H,6,10H2,(H,11,12);1H3/t8-;/m0./s1. The van der Waals surface area contributed by atoms with Gasteiger partial charge in [0.15, 0.2) is 0 Å². The second-order valence-corrected chi connectivity index (χ2v) is 2.63. The van der Waals surface area contributed by atoms with Gasteiger partial charge in [-0.3, -0.25) is 4.79 Å². The number of carboxylic acid groups (broad SMARTS) is 1. The number of aliphatic carboxylic acids is 1. The van der Waals surface area contributed by atoms with Crippen molar-refractivity contribution in [2.75, 3.05) is 0 Å². The first-order valence-electron chi connectivity index (χ1n) is 3.72. The van der Waals surface area contributed by atoms with Crippen LogP contribution in [-0.2, 0) is 11.2 Å². The van der Waals surface area contributed by atoms with Gasteiger partial charge >= 0.3 is 5.97 Å². The average Bonchev–Trinajstić information content (AvgIpc) is 2.06. The molecule has 0 aliphatic rings. The predicted molar refractivity (Wildman–Crippen MR) is 56.9 cm³/mol. The molecule has 2 atom stereocenters. The maximum atomic E-state index is 10.4. The van der Waals surface area contributed by atoms with Crippen LogP contribution in [0.1, 0.15) is 5.56 Å². The van der Waals surface area contributed by atoms with Gasteiger partial charge in [0.25, 0.3) is 0 Å². The number of carbonyl (C=O) groups is 1. The lowest BCUT2D eigenvalue weighted by Gasteiger charge is -2.04. The van der Waals surface area contributed by atoms with Crippen molar-refractivity contribution in [2.45, 2.75) is 12.5 Å². The minimum Gasteiger partial charge on any atom is -0.480 e. The molecule has 0 heterocycles. The van der Waals surface area contributed by atoms with Gasteiger partial charge in [0.2, 0.25) is 0 Å². The molecule has 0 bridgehead atoms. The Labute approximate surface area is 80.6 Å². The highest BCUT2D eigenvalue weighted by molar-refractivity contribution is 6.92. The van der Waals surface area contributed by atoms with Gasteiger partial charge in [-0.25, -0.2) is 0 Å². The van der Waals surface area contributed by atoms with E-state index in [1.807, 2.05) is 30.3 Å². The van der Waals surface area contributed by atoms with Crippen molar-refractivity contribution >= 4 is 15.9 Å². The second kappa shape index (κ2) is 5.68. The van der Waals surface area contributed by atoms with E-state index >= 15 is 0 Å². The average molecular weight is 199 g/mol. The van der Waals surface area contributed by atoms with E-state index < -0.39 is 12.0 Å². The summed E-state index contributed by atoms with van der Waals surface area (Å²) in [7, 11) is 0. The monoisotopic (exact) mass is 199 g/mol. The summed E-state index contributed by atoms with van der Waals surface area (Å²) >= 11 is 0. The first kappa shape index (κ1) is 12.1. The molecule has 1 aromatic rings. The van der Waals surface area contributed by atoms with Gasteiger partial charge in [-0.15, -0.1) is 0 Å². The summed E-state index contributed by atoms with van der Waals surface area (Å²) in [5, 5.41) is 8.52. The summed E-state index contributed by atoms with van der Waals surface area (Å²) in [5.41, 5.74) is 6.30. The SMILES string of the molecule is N[C@@H](Cc1ccccc1)C(=O)O.P. The Morgan fingerprint density at radius 1 is 1.38 bits per heavy atom. The fourth-order valence-corrected chi connectivity index (χ4v) is 0.955. The molecule has 3 nitrogen and oxygen atoms in total. The normalized spacial score (nSPS) is 11.5. The van der Waals surface area contributed by atoms with Crippen LogP contribution in [0.4, 0.5) is 0 Å². The topological polar surface area (TPSA) is 63.3 Å². The number of benzene rings is 1. The van der Waals surface area contributed by atoms with Crippen LogP contribution in [0.3, 0.4) is 0 Å². The van der Waals surface area contributed by atoms with Crippen molar-refractivity contribution in [3.8, 4) is 0 Å². The Bertz CT molecular complexity index is 264. The second-order valence-electron chi connectivity index (χ2n) is 2.63. The Morgan fingerprint density at radius 2 is 1.92 bits per heavy atom. The zero-order valence-electron chi connectivity index (χ0n) is 7.31. The third kappa shape index (κ3) is 4.02. The minimum absolute atomic E-state index is 0. The fraction of sp³-hybridized carbons (Fsp3) is 0.222. The molecule has 0 aromatic heterocycles. The summed E-state index contributed by atoms with van der Waals surface area (Å²) < 4.78 is 0. The highest BCUT2D eigenvalue weighted by atomic mass is 31.0. The zero-order valence-corrected chi connectivity index (χ0v) is 8.73. The molecule has 4 heteroatoms. The summed E-state index contributed by atoms with van der Waals surface area (Å²) in [5.74, 6) is -0.959. The van der Waals surface area contributed by atoms with E-state index in [1.54, 1.807) is 0 Å². The third-order valence-corrected chi connectivity index (χ3v) is 1.62. The molecular weight excluding hydrogens is 185 g/mol. The fourth-order valence-electron chi connectivity index (χ4n) is 0.955. The van der Waals surface area contributed by atoms with E-state index in [2.05, 4.69) is 0 Å². The number of nitrogens with two attached hydrogens (primary N) is 1. The molecule has 0 aliphatic carbocycles. The van der Waals surface area contributed by atoms with Gasteiger partial charge in [0, 0.05) is 0 Å².